The van der Waals surface area contributed by atoms with Gasteiger partial charge in [-0.3, -0.25) is 20.2 Å². The van der Waals surface area contributed by atoms with Gasteiger partial charge in [-0.1, -0.05) is 80.1 Å². The molecule has 0 saturated carbocycles. The van der Waals surface area contributed by atoms with E-state index in [4.69, 9.17) is 15.3 Å². The summed E-state index contributed by atoms with van der Waals surface area (Å²) in [5, 5.41) is 24.5. The number of hydrogen-bond acceptors (Lipinski definition) is 4. The summed E-state index contributed by atoms with van der Waals surface area (Å²) in [7, 11) is 0. The molecule has 0 spiro atoms. The summed E-state index contributed by atoms with van der Waals surface area (Å²) < 4.78 is 0. The molecule has 7 heteroatoms. The SMILES string of the molecule is CCCc1n[nH]c(CCC)c1CN(Cc1c(CCC)n[nH]c1CCC)Cc1c(CCC)n[nH]c1CCC. The van der Waals surface area contributed by atoms with Crippen LogP contribution in [0.4, 0.5) is 0 Å². The Bertz CT molecular complexity index is 854. The van der Waals surface area contributed by atoms with E-state index in [1.165, 1.54) is 50.9 Å². The number of rotatable bonds is 18. The highest BCUT2D eigenvalue weighted by molar-refractivity contribution is 5.30. The maximum absolute atomic E-state index is 4.77. The molecule has 7 nitrogen and oxygen atoms in total. The van der Waals surface area contributed by atoms with Crippen LogP contribution in [-0.4, -0.2) is 35.5 Å². The molecule has 0 atom stereocenters. The fourth-order valence-electron chi connectivity index (χ4n) is 5.43. The van der Waals surface area contributed by atoms with Crippen molar-refractivity contribution in [3.63, 3.8) is 0 Å². The van der Waals surface area contributed by atoms with Gasteiger partial charge in [0.2, 0.25) is 0 Å². The van der Waals surface area contributed by atoms with E-state index >= 15 is 0 Å². The fraction of sp³-hybridized carbons (Fsp3) is 0.700. The van der Waals surface area contributed by atoms with Gasteiger partial charge >= 0.3 is 0 Å². The molecule has 0 unspecified atom stereocenters. The Morgan fingerprint density at radius 1 is 0.432 bits per heavy atom. The molecule has 0 amide bonds. The number of nitrogens with one attached hydrogen (secondary N) is 3. The van der Waals surface area contributed by atoms with Crippen molar-refractivity contribution in [2.75, 3.05) is 0 Å². The number of nitrogens with zero attached hydrogens (tertiary/aromatic N) is 4. The van der Waals surface area contributed by atoms with Gasteiger partial charge in [-0.2, -0.15) is 15.3 Å². The second kappa shape index (κ2) is 15.1. The molecule has 0 aliphatic carbocycles. The minimum absolute atomic E-state index is 0.895. The van der Waals surface area contributed by atoms with Crippen LogP contribution in [0.5, 0.6) is 0 Å². The average molecular weight is 510 g/mol. The Balaban J connectivity index is 2.04. The van der Waals surface area contributed by atoms with Crippen LogP contribution in [0, 0.1) is 0 Å². The van der Waals surface area contributed by atoms with Crippen LogP contribution in [-0.2, 0) is 58.2 Å². The molecule has 0 fully saturated rings. The second-order valence-electron chi connectivity index (χ2n) is 10.5. The zero-order chi connectivity index (χ0) is 26.6. The van der Waals surface area contributed by atoms with E-state index in [2.05, 4.69) is 61.7 Å². The van der Waals surface area contributed by atoms with Gasteiger partial charge in [0.15, 0.2) is 0 Å². The molecule has 3 N–H and O–H groups in total. The van der Waals surface area contributed by atoms with Gasteiger partial charge in [-0.25, -0.2) is 0 Å². The first-order valence-corrected chi connectivity index (χ1v) is 15.0. The van der Waals surface area contributed by atoms with Crippen molar-refractivity contribution >= 4 is 0 Å². The van der Waals surface area contributed by atoms with Crippen LogP contribution < -0.4 is 0 Å². The molecule has 206 valence electrons. The van der Waals surface area contributed by atoms with Crippen molar-refractivity contribution in [2.45, 2.75) is 138 Å². The van der Waals surface area contributed by atoms with E-state index < -0.39 is 0 Å². The third-order valence-electron chi connectivity index (χ3n) is 7.22. The van der Waals surface area contributed by atoms with Gasteiger partial charge in [0, 0.05) is 53.4 Å². The number of aryl methyl sites for hydroxylation is 6. The molecule has 0 radical (unpaired) electrons. The lowest BCUT2D eigenvalue weighted by molar-refractivity contribution is 0.243. The molecule has 0 aliphatic rings. The van der Waals surface area contributed by atoms with Gasteiger partial charge in [-0.15, -0.1) is 0 Å². The van der Waals surface area contributed by atoms with Crippen molar-refractivity contribution in [3.05, 3.63) is 50.9 Å². The summed E-state index contributed by atoms with van der Waals surface area (Å²) >= 11 is 0. The average Bonchev–Trinajstić information content (AvgIpc) is 3.56. The predicted molar refractivity (Wildman–Crippen MR) is 153 cm³/mol. The first-order chi connectivity index (χ1) is 18.1. The third-order valence-corrected chi connectivity index (χ3v) is 7.22. The zero-order valence-corrected chi connectivity index (χ0v) is 24.4. The third kappa shape index (κ3) is 7.56. The van der Waals surface area contributed by atoms with E-state index in [1.54, 1.807) is 0 Å². The normalized spacial score (nSPS) is 11.8. The van der Waals surface area contributed by atoms with Crippen LogP contribution in [0.15, 0.2) is 0 Å². The molecule has 0 saturated heterocycles. The van der Waals surface area contributed by atoms with Crippen LogP contribution >= 0.6 is 0 Å². The van der Waals surface area contributed by atoms with Gasteiger partial charge in [0.1, 0.15) is 0 Å². The Morgan fingerprint density at radius 2 is 0.703 bits per heavy atom. The van der Waals surface area contributed by atoms with E-state index in [9.17, 15) is 0 Å². The van der Waals surface area contributed by atoms with Crippen molar-refractivity contribution in [3.8, 4) is 0 Å². The van der Waals surface area contributed by atoms with Crippen LogP contribution in [0.25, 0.3) is 0 Å². The maximum atomic E-state index is 4.77. The Kier molecular flexibility index (Phi) is 11.9. The largest absolute Gasteiger partial charge is 0.290 e. The van der Waals surface area contributed by atoms with E-state index in [0.29, 0.717) is 0 Å². The first-order valence-electron chi connectivity index (χ1n) is 15.0. The van der Waals surface area contributed by atoms with Crippen molar-refractivity contribution in [2.24, 2.45) is 0 Å². The molecule has 3 aromatic heterocycles. The number of hydrogen-bond donors (Lipinski definition) is 3. The monoisotopic (exact) mass is 509 g/mol. The number of aromatic nitrogens is 6. The highest BCUT2D eigenvalue weighted by Gasteiger charge is 2.23. The van der Waals surface area contributed by atoms with Gasteiger partial charge in [0.25, 0.3) is 0 Å². The van der Waals surface area contributed by atoms with Gasteiger partial charge in [-0.05, 0) is 38.5 Å². The minimum atomic E-state index is 0.895. The van der Waals surface area contributed by atoms with Crippen LogP contribution in [0.3, 0.4) is 0 Å². The summed E-state index contributed by atoms with van der Waals surface area (Å²) in [6, 6.07) is 0. The Hall–Kier alpha value is -2.41. The molecule has 0 bridgehead atoms. The molecule has 0 aliphatic heterocycles. The summed E-state index contributed by atoms with van der Waals surface area (Å²) in [5.74, 6) is 0. The molecular weight excluding hydrogens is 458 g/mol. The smallest absolute Gasteiger partial charge is 0.0669 e. The molecule has 3 heterocycles. The molecule has 37 heavy (non-hydrogen) atoms. The minimum Gasteiger partial charge on any atom is -0.290 e. The van der Waals surface area contributed by atoms with E-state index in [-0.39, 0.29) is 0 Å². The summed E-state index contributed by atoms with van der Waals surface area (Å²) in [5.41, 5.74) is 11.8. The van der Waals surface area contributed by atoms with E-state index in [1.807, 2.05) is 0 Å². The molecule has 3 rings (SSSR count). The van der Waals surface area contributed by atoms with Gasteiger partial charge < -0.3 is 0 Å². The summed E-state index contributed by atoms with van der Waals surface area (Å²) in [4.78, 5) is 2.63. The lowest BCUT2D eigenvalue weighted by atomic mass is 10.0. The lowest BCUT2D eigenvalue weighted by Gasteiger charge is -2.25. The number of aromatic amines is 3. The van der Waals surface area contributed by atoms with Crippen molar-refractivity contribution < 1.29 is 0 Å². The second-order valence-corrected chi connectivity index (χ2v) is 10.5. The van der Waals surface area contributed by atoms with Gasteiger partial charge in [0.05, 0.1) is 17.1 Å². The summed E-state index contributed by atoms with van der Waals surface area (Å²) in [6.07, 6.45) is 12.9. The maximum Gasteiger partial charge on any atom is 0.0669 e. The first kappa shape index (κ1) is 29.2. The van der Waals surface area contributed by atoms with Crippen molar-refractivity contribution in [1.29, 1.82) is 0 Å². The quantitative estimate of drug-likeness (QED) is 0.176. The van der Waals surface area contributed by atoms with Crippen LogP contribution in [0.2, 0.25) is 0 Å². The Morgan fingerprint density at radius 3 is 0.946 bits per heavy atom. The topological polar surface area (TPSA) is 89.3 Å². The highest BCUT2D eigenvalue weighted by Crippen LogP contribution is 2.26. The number of H-pyrrole nitrogens is 3. The molecule has 0 aromatic carbocycles. The van der Waals surface area contributed by atoms with E-state index in [0.717, 1.165) is 96.7 Å². The zero-order valence-electron chi connectivity index (χ0n) is 24.4. The predicted octanol–water partition coefficient (Wildman–Crippen LogP) is 6.77. The summed E-state index contributed by atoms with van der Waals surface area (Å²) in [6.45, 7) is 16.2. The van der Waals surface area contributed by atoms with Crippen molar-refractivity contribution in [1.82, 2.24) is 35.5 Å². The lowest BCUT2D eigenvalue weighted by Crippen LogP contribution is -2.25. The molecular formula is C30H51N7. The van der Waals surface area contributed by atoms with Crippen LogP contribution in [0.1, 0.15) is 131 Å². The standard InChI is InChI=1S/C30H51N7/c1-7-13-25-22(26(14-8-2)32-31-25)19-37(20-23-27(15-9-3)33-34-28(23)16-10-4)21-24-29(17-11-5)35-36-30(24)18-12-6/h7-21H2,1-6H3,(H,31,32)(H,33,34)(H,35,36). The highest BCUT2D eigenvalue weighted by atomic mass is 15.2. The fourth-order valence-corrected chi connectivity index (χ4v) is 5.43. The Labute approximate surface area is 224 Å². The molecule has 3 aromatic rings.